The summed E-state index contributed by atoms with van der Waals surface area (Å²) >= 11 is 0. The van der Waals surface area contributed by atoms with E-state index in [4.69, 9.17) is 4.74 Å². The quantitative estimate of drug-likeness (QED) is 0.769. The van der Waals surface area contributed by atoms with Crippen LogP contribution in [0.5, 0.6) is 5.75 Å². The summed E-state index contributed by atoms with van der Waals surface area (Å²) in [5.41, 5.74) is 2.47. The van der Waals surface area contributed by atoms with Crippen LogP contribution in [-0.4, -0.2) is 12.1 Å². The van der Waals surface area contributed by atoms with Gasteiger partial charge >= 0.3 is 0 Å². The van der Waals surface area contributed by atoms with E-state index in [-0.39, 0.29) is 6.04 Å². The molecule has 0 aliphatic heterocycles. The molecule has 3 rings (SSSR count). The van der Waals surface area contributed by atoms with Gasteiger partial charge in [0, 0.05) is 25.0 Å². The normalized spacial score (nSPS) is 12.3. The molecule has 0 amide bonds. The van der Waals surface area contributed by atoms with Crippen LogP contribution in [0.25, 0.3) is 10.8 Å². The fourth-order valence-corrected chi connectivity index (χ4v) is 2.53. The van der Waals surface area contributed by atoms with E-state index in [9.17, 15) is 0 Å². The number of methoxy groups -OCH3 is 1. The molecule has 0 aliphatic rings. The van der Waals surface area contributed by atoms with Crippen molar-refractivity contribution in [2.75, 3.05) is 7.11 Å². The molecule has 3 nitrogen and oxygen atoms in total. The Labute approximate surface area is 131 Å². The zero-order chi connectivity index (χ0) is 15.4. The Morgan fingerprint density at radius 2 is 1.91 bits per heavy atom. The van der Waals surface area contributed by atoms with Gasteiger partial charge in [0.05, 0.1) is 7.11 Å². The van der Waals surface area contributed by atoms with Gasteiger partial charge in [0.2, 0.25) is 0 Å². The number of nitrogens with one attached hydrogen (secondary N) is 1. The number of pyridine rings is 1. The average Bonchev–Trinajstić information content (AvgIpc) is 2.59. The number of hydrogen-bond acceptors (Lipinski definition) is 3. The summed E-state index contributed by atoms with van der Waals surface area (Å²) in [7, 11) is 1.69. The first-order valence-corrected chi connectivity index (χ1v) is 7.46. The van der Waals surface area contributed by atoms with Crippen molar-refractivity contribution in [2.24, 2.45) is 0 Å². The maximum absolute atomic E-state index is 5.26. The Bertz CT molecular complexity index is 756. The van der Waals surface area contributed by atoms with Crippen molar-refractivity contribution in [3.63, 3.8) is 0 Å². The molecular weight excluding hydrogens is 272 g/mol. The molecule has 0 saturated heterocycles. The lowest BCUT2D eigenvalue weighted by atomic mass is 10.1. The van der Waals surface area contributed by atoms with Crippen molar-refractivity contribution in [1.82, 2.24) is 10.3 Å². The fraction of sp³-hybridized carbons (Fsp3) is 0.211. The third-order valence-corrected chi connectivity index (χ3v) is 3.91. The van der Waals surface area contributed by atoms with Gasteiger partial charge in [-0.1, -0.05) is 24.3 Å². The van der Waals surface area contributed by atoms with Crippen molar-refractivity contribution in [3.8, 4) is 5.75 Å². The van der Waals surface area contributed by atoms with Crippen LogP contribution in [-0.2, 0) is 6.54 Å². The SMILES string of the molecule is COc1ccc2cc(CN[C@@H](C)c3cccnc3)ccc2c1. The summed E-state index contributed by atoms with van der Waals surface area (Å²) in [4.78, 5) is 4.17. The van der Waals surface area contributed by atoms with Crippen LogP contribution in [0.4, 0.5) is 0 Å². The zero-order valence-electron chi connectivity index (χ0n) is 12.9. The van der Waals surface area contributed by atoms with Crippen molar-refractivity contribution >= 4 is 10.8 Å². The Morgan fingerprint density at radius 3 is 2.68 bits per heavy atom. The Kier molecular flexibility index (Phi) is 4.35. The maximum Gasteiger partial charge on any atom is 0.119 e. The van der Waals surface area contributed by atoms with Crippen LogP contribution in [0.2, 0.25) is 0 Å². The second kappa shape index (κ2) is 6.58. The molecule has 1 atom stereocenters. The zero-order valence-corrected chi connectivity index (χ0v) is 12.9. The highest BCUT2D eigenvalue weighted by Crippen LogP contribution is 2.22. The molecule has 0 spiro atoms. The predicted molar refractivity (Wildman–Crippen MR) is 90.0 cm³/mol. The van der Waals surface area contributed by atoms with Gasteiger partial charge in [0.25, 0.3) is 0 Å². The molecule has 0 unspecified atom stereocenters. The minimum atomic E-state index is 0.278. The number of benzene rings is 2. The Balaban J connectivity index is 1.71. The standard InChI is InChI=1S/C19H20N2O/c1-14(18-4-3-9-20-13-18)21-12-15-5-6-17-11-19(22-2)8-7-16(17)10-15/h3-11,13-14,21H,12H2,1-2H3/t14-/m0/s1. The lowest BCUT2D eigenvalue weighted by Gasteiger charge is -2.14. The van der Waals surface area contributed by atoms with E-state index < -0.39 is 0 Å². The Morgan fingerprint density at radius 1 is 1.09 bits per heavy atom. The third-order valence-electron chi connectivity index (χ3n) is 3.91. The number of rotatable bonds is 5. The van der Waals surface area contributed by atoms with Crippen LogP contribution in [0, 0.1) is 0 Å². The summed E-state index contributed by atoms with van der Waals surface area (Å²) in [6, 6.07) is 17.0. The molecule has 1 aromatic heterocycles. The lowest BCUT2D eigenvalue weighted by molar-refractivity contribution is 0.415. The summed E-state index contributed by atoms with van der Waals surface area (Å²) < 4.78 is 5.26. The first-order chi connectivity index (χ1) is 10.8. The number of hydrogen-bond donors (Lipinski definition) is 1. The van der Waals surface area contributed by atoms with E-state index in [1.807, 2.05) is 18.3 Å². The van der Waals surface area contributed by atoms with Gasteiger partial charge in [-0.05, 0) is 53.1 Å². The smallest absolute Gasteiger partial charge is 0.119 e. The van der Waals surface area contributed by atoms with Crippen LogP contribution in [0.3, 0.4) is 0 Å². The van der Waals surface area contributed by atoms with E-state index in [2.05, 4.69) is 53.6 Å². The number of ether oxygens (including phenoxy) is 1. The second-order valence-electron chi connectivity index (χ2n) is 5.44. The molecule has 0 radical (unpaired) electrons. The largest absolute Gasteiger partial charge is 0.497 e. The molecular formula is C19H20N2O. The molecule has 1 N–H and O–H groups in total. The van der Waals surface area contributed by atoms with Gasteiger partial charge in [0.1, 0.15) is 5.75 Å². The minimum Gasteiger partial charge on any atom is -0.497 e. The first-order valence-electron chi connectivity index (χ1n) is 7.46. The van der Waals surface area contributed by atoms with Crippen LogP contribution < -0.4 is 10.1 Å². The highest BCUT2D eigenvalue weighted by atomic mass is 16.5. The summed E-state index contributed by atoms with van der Waals surface area (Å²) in [6.07, 6.45) is 3.71. The number of nitrogens with zero attached hydrogens (tertiary/aromatic N) is 1. The van der Waals surface area contributed by atoms with Crippen LogP contribution >= 0.6 is 0 Å². The fourth-order valence-electron chi connectivity index (χ4n) is 2.53. The topological polar surface area (TPSA) is 34.1 Å². The number of fused-ring (bicyclic) bond motifs is 1. The van der Waals surface area contributed by atoms with Crippen molar-refractivity contribution < 1.29 is 4.74 Å². The third kappa shape index (κ3) is 3.26. The van der Waals surface area contributed by atoms with Crippen LogP contribution in [0.1, 0.15) is 24.1 Å². The summed E-state index contributed by atoms with van der Waals surface area (Å²) in [5, 5.41) is 5.97. The highest BCUT2D eigenvalue weighted by molar-refractivity contribution is 5.84. The summed E-state index contributed by atoms with van der Waals surface area (Å²) in [5.74, 6) is 0.892. The molecule has 0 aliphatic carbocycles. The molecule has 22 heavy (non-hydrogen) atoms. The van der Waals surface area contributed by atoms with Gasteiger partial charge in [-0.3, -0.25) is 4.98 Å². The molecule has 0 fully saturated rings. The molecule has 3 heteroatoms. The van der Waals surface area contributed by atoms with Gasteiger partial charge in [-0.25, -0.2) is 0 Å². The summed E-state index contributed by atoms with van der Waals surface area (Å²) in [6.45, 7) is 2.99. The first kappa shape index (κ1) is 14.5. The molecule has 112 valence electrons. The predicted octanol–water partition coefficient (Wildman–Crippen LogP) is 4.09. The van der Waals surface area contributed by atoms with Gasteiger partial charge in [-0.15, -0.1) is 0 Å². The Hall–Kier alpha value is -2.39. The molecule has 1 heterocycles. The minimum absolute atomic E-state index is 0.278. The van der Waals surface area contributed by atoms with Gasteiger partial charge in [0.15, 0.2) is 0 Å². The highest BCUT2D eigenvalue weighted by Gasteiger charge is 2.05. The van der Waals surface area contributed by atoms with Crippen LogP contribution in [0.15, 0.2) is 60.9 Å². The average molecular weight is 292 g/mol. The van der Waals surface area contributed by atoms with E-state index in [1.54, 1.807) is 13.3 Å². The van der Waals surface area contributed by atoms with E-state index in [0.717, 1.165) is 12.3 Å². The van der Waals surface area contributed by atoms with E-state index in [1.165, 1.54) is 21.9 Å². The van der Waals surface area contributed by atoms with E-state index in [0.29, 0.717) is 0 Å². The van der Waals surface area contributed by atoms with Gasteiger partial charge in [-0.2, -0.15) is 0 Å². The maximum atomic E-state index is 5.26. The van der Waals surface area contributed by atoms with Crippen molar-refractivity contribution in [3.05, 3.63) is 72.1 Å². The monoisotopic (exact) mass is 292 g/mol. The molecule has 2 aromatic carbocycles. The number of aromatic nitrogens is 1. The van der Waals surface area contributed by atoms with Crippen molar-refractivity contribution in [2.45, 2.75) is 19.5 Å². The molecule has 0 bridgehead atoms. The second-order valence-corrected chi connectivity index (χ2v) is 5.44. The van der Waals surface area contributed by atoms with Gasteiger partial charge < -0.3 is 10.1 Å². The van der Waals surface area contributed by atoms with E-state index >= 15 is 0 Å². The lowest BCUT2D eigenvalue weighted by Crippen LogP contribution is -2.18. The molecule has 3 aromatic rings. The molecule has 0 saturated carbocycles. The van der Waals surface area contributed by atoms with Crippen molar-refractivity contribution in [1.29, 1.82) is 0 Å².